The number of hydrogen-bond acceptors (Lipinski definition) is 4. The largest absolute Gasteiger partial charge is 0.497 e. The molecule has 2 N–H and O–H groups in total. The Hall–Kier alpha value is -1.87. The zero-order valence-electron chi connectivity index (χ0n) is 14.2. The summed E-state index contributed by atoms with van der Waals surface area (Å²) in [6, 6.07) is 11.0. The van der Waals surface area contributed by atoms with Crippen molar-refractivity contribution in [2.24, 2.45) is 0 Å². The first kappa shape index (κ1) is 19.5. The Bertz CT molecular complexity index is 796. The van der Waals surface area contributed by atoms with E-state index >= 15 is 0 Å². The highest BCUT2D eigenvalue weighted by Crippen LogP contribution is 2.24. The van der Waals surface area contributed by atoms with Gasteiger partial charge in [-0.25, -0.2) is 0 Å². The number of benzene rings is 2. The first-order chi connectivity index (χ1) is 12.0. The number of halogens is 1. The van der Waals surface area contributed by atoms with Gasteiger partial charge in [0.25, 0.3) is 5.91 Å². The van der Waals surface area contributed by atoms with Crippen LogP contribution in [0.2, 0.25) is 0 Å². The fourth-order valence-corrected chi connectivity index (χ4v) is 3.05. The Morgan fingerprint density at radius 1 is 1.16 bits per heavy atom. The summed E-state index contributed by atoms with van der Waals surface area (Å²) < 4.78 is 11.5. The smallest absolute Gasteiger partial charge is 0.261 e. The van der Waals surface area contributed by atoms with Gasteiger partial charge in [0.15, 0.2) is 5.11 Å². The molecule has 25 heavy (non-hydrogen) atoms. The lowest BCUT2D eigenvalue weighted by atomic mass is 10.1. The fourth-order valence-electron chi connectivity index (χ4n) is 2.29. The molecule has 0 heterocycles. The topological polar surface area (TPSA) is 59.6 Å². The van der Waals surface area contributed by atoms with E-state index in [1.807, 2.05) is 12.1 Å². The van der Waals surface area contributed by atoms with Crippen molar-refractivity contribution in [2.75, 3.05) is 19.5 Å². The highest BCUT2D eigenvalue weighted by Gasteiger charge is 2.15. The molecule has 0 aromatic heterocycles. The van der Waals surface area contributed by atoms with Gasteiger partial charge >= 0.3 is 0 Å². The van der Waals surface area contributed by atoms with E-state index < -0.39 is 0 Å². The van der Waals surface area contributed by atoms with Gasteiger partial charge in [-0.3, -0.25) is 10.1 Å². The lowest BCUT2D eigenvalue weighted by Crippen LogP contribution is -2.34. The van der Waals surface area contributed by atoms with Gasteiger partial charge in [-0.1, -0.05) is 6.92 Å². The number of methoxy groups -OCH3 is 2. The molecule has 0 spiro atoms. The van der Waals surface area contributed by atoms with Gasteiger partial charge in [-0.05, 0) is 77.1 Å². The van der Waals surface area contributed by atoms with Crippen molar-refractivity contribution in [3.05, 3.63) is 51.1 Å². The molecule has 0 aliphatic carbocycles. The number of nitrogens with one attached hydrogen (secondary N) is 2. The average molecular weight is 470 g/mol. The van der Waals surface area contributed by atoms with E-state index in [9.17, 15) is 4.79 Å². The summed E-state index contributed by atoms with van der Waals surface area (Å²) >= 11 is 7.54. The van der Waals surface area contributed by atoms with Crippen molar-refractivity contribution in [3.63, 3.8) is 0 Å². The van der Waals surface area contributed by atoms with Crippen LogP contribution in [0, 0.1) is 3.57 Å². The molecular formula is C18H19IN2O3S. The summed E-state index contributed by atoms with van der Waals surface area (Å²) in [7, 11) is 3.06. The number of aryl methyl sites for hydroxylation is 1. The molecule has 7 heteroatoms. The highest BCUT2D eigenvalue weighted by atomic mass is 127. The average Bonchev–Trinajstić information content (AvgIpc) is 2.62. The van der Waals surface area contributed by atoms with E-state index in [0.717, 1.165) is 21.2 Å². The molecule has 0 aliphatic heterocycles. The third-order valence-corrected chi connectivity index (χ3v) is 4.45. The first-order valence-electron chi connectivity index (χ1n) is 7.61. The Morgan fingerprint density at radius 3 is 2.56 bits per heavy atom. The summed E-state index contributed by atoms with van der Waals surface area (Å²) in [6.45, 7) is 2.07. The van der Waals surface area contributed by atoms with Crippen LogP contribution in [0.1, 0.15) is 22.8 Å². The van der Waals surface area contributed by atoms with Gasteiger partial charge in [0.2, 0.25) is 0 Å². The molecule has 1 amide bonds. The maximum absolute atomic E-state index is 12.5. The Morgan fingerprint density at radius 2 is 1.92 bits per heavy atom. The quantitative estimate of drug-likeness (QED) is 0.511. The van der Waals surface area contributed by atoms with E-state index in [0.29, 0.717) is 17.1 Å². The van der Waals surface area contributed by atoms with Crippen LogP contribution in [-0.4, -0.2) is 25.2 Å². The normalized spacial score (nSPS) is 10.1. The summed E-state index contributed by atoms with van der Waals surface area (Å²) in [5.74, 6) is 0.685. The van der Waals surface area contributed by atoms with Gasteiger partial charge in [0.05, 0.1) is 19.8 Å². The van der Waals surface area contributed by atoms with E-state index in [-0.39, 0.29) is 11.0 Å². The molecule has 2 aromatic rings. The van der Waals surface area contributed by atoms with Gasteiger partial charge in [0.1, 0.15) is 11.5 Å². The van der Waals surface area contributed by atoms with Crippen LogP contribution in [0.5, 0.6) is 11.5 Å². The second-order valence-electron chi connectivity index (χ2n) is 5.13. The lowest BCUT2D eigenvalue weighted by molar-refractivity contribution is 0.0974. The molecule has 0 bridgehead atoms. The van der Waals surface area contributed by atoms with Gasteiger partial charge < -0.3 is 14.8 Å². The number of amides is 1. The van der Waals surface area contributed by atoms with Crippen molar-refractivity contribution in [2.45, 2.75) is 13.3 Å². The van der Waals surface area contributed by atoms with Crippen molar-refractivity contribution in [1.82, 2.24) is 5.32 Å². The standard InChI is InChI=1S/C18H19IN2O3S/c1-4-11-9-12(19)5-8-15(11)20-18(25)21-17(22)14-7-6-13(23-2)10-16(14)24-3/h5-10H,4H2,1-3H3,(H2,20,21,22,25). The molecule has 5 nitrogen and oxygen atoms in total. The predicted molar refractivity (Wildman–Crippen MR) is 112 cm³/mol. The summed E-state index contributed by atoms with van der Waals surface area (Å²) in [4.78, 5) is 12.5. The van der Waals surface area contributed by atoms with Crippen LogP contribution in [-0.2, 0) is 6.42 Å². The van der Waals surface area contributed by atoms with E-state index in [4.69, 9.17) is 21.7 Å². The zero-order chi connectivity index (χ0) is 18.4. The maximum Gasteiger partial charge on any atom is 0.261 e. The van der Waals surface area contributed by atoms with Crippen LogP contribution in [0.25, 0.3) is 0 Å². The molecule has 0 aliphatic rings. The van der Waals surface area contributed by atoms with Crippen LogP contribution in [0.3, 0.4) is 0 Å². The number of ether oxygens (including phenoxy) is 2. The highest BCUT2D eigenvalue weighted by molar-refractivity contribution is 14.1. The molecule has 0 unspecified atom stereocenters. The summed E-state index contributed by atoms with van der Waals surface area (Å²) in [5.41, 5.74) is 2.39. The van der Waals surface area contributed by atoms with E-state index in [1.165, 1.54) is 7.11 Å². The molecule has 0 saturated heterocycles. The first-order valence-corrected chi connectivity index (χ1v) is 9.10. The summed E-state index contributed by atoms with van der Waals surface area (Å²) in [6.07, 6.45) is 0.863. The number of carbonyl (C=O) groups is 1. The van der Waals surface area contributed by atoms with Gasteiger partial charge in [0, 0.05) is 15.3 Å². The zero-order valence-corrected chi connectivity index (χ0v) is 17.2. The minimum absolute atomic E-state index is 0.235. The molecular weight excluding hydrogens is 451 g/mol. The monoisotopic (exact) mass is 470 g/mol. The molecule has 0 saturated carbocycles. The van der Waals surface area contributed by atoms with Gasteiger partial charge in [-0.15, -0.1) is 0 Å². The molecule has 2 rings (SSSR count). The number of rotatable bonds is 5. The fraction of sp³-hybridized carbons (Fsp3) is 0.222. The Labute approximate surface area is 166 Å². The summed E-state index contributed by atoms with van der Waals surface area (Å²) in [5, 5.41) is 6.00. The predicted octanol–water partition coefficient (Wildman–Crippen LogP) is 4.00. The Kier molecular flexibility index (Phi) is 7.01. The molecule has 132 valence electrons. The second-order valence-corrected chi connectivity index (χ2v) is 6.78. The van der Waals surface area contributed by atoms with Crippen LogP contribution in [0.15, 0.2) is 36.4 Å². The van der Waals surface area contributed by atoms with Gasteiger partial charge in [-0.2, -0.15) is 0 Å². The van der Waals surface area contributed by atoms with Crippen LogP contribution in [0.4, 0.5) is 5.69 Å². The lowest BCUT2D eigenvalue weighted by Gasteiger charge is -2.14. The number of hydrogen-bond donors (Lipinski definition) is 2. The second kappa shape index (κ2) is 9.00. The Balaban J connectivity index is 2.12. The molecule has 2 aromatic carbocycles. The SMILES string of the molecule is CCc1cc(I)ccc1NC(=S)NC(=O)c1ccc(OC)cc1OC. The van der Waals surface area contributed by atoms with E-state index in [1.54, 1.807) is 25.3 Å². The van der Waals surface area contributed by atoms with Crippen molar-refractivity contribution in [3.8, 4) is 11.5 Å². The molecule has 0 atom stereocenters. The maximum atomic E-state index is 12.5. The number of thiocarbonyl (C=S) groups is 1. The molecule has 0 radical (unpaired) electrons. The van der Waals surface area contributed by atoms with Crippen LogP contribution >= 0.6 is 34.8 Å². The van der Waals surface area contributed by atoms with E-state index in [2.05, 4.69) is 46.2 Å². The molecule has 0 fully saturated rings. The third kappa shape index (κ3) is 5.05. The number of carbonyl (C=O) groups excluding carboxylic acids is 1. The minimum Gasteiger partial charge on any atom is -0.497 e. The van der Waals surface area contributed by atoms with Crippen molar-refractivity contribution >= 4 is 51.5 Å². The minimum atomic E-state index is -0.347. The van der Waals surface area contributed by atoms with Crippen molar-refractivity contribution < 1.29 is 14.3 Å². The van der Waals surface area contributed by atoms with Crippen molar-refractivity contribution in [1.29, 1.82) is 0 Å². The van der Waals surface area contributed by atoms with Crippen LogP contribution < -0.4 is 20.1 Å². The third-order valence-electron chi connectivity index (χ3n) is 3.58. The number of anilines is 1.